The molecule has 0 heterocycles. The average Bonchev–Trinajstić information content (AvgIpc) is 2.52. The summed E-state index contributed by atoms with van der Waals surface area (Å²) in [6, 6.07) is 12.5. The van der Waals surface area contributed by atoms with Crippen LogP contribution in [0.25, 0.3) is 0 Å². The Bertz CT molecular complexity index is 699. The number of hydrogen-bond acceptors (Lipinski definition) is 5. The molecule has 0 saturated heterocycles. The van der Waals surface area contributed by atoms with Gasteiger partial charge in [-0.1, -0.05) is 30.3 Å². The largest absolute Gasteiger partial charge is 0.508 e. The summed E-state index contributed by atoms with van der Waals surface area (Å²) in [6.45, 7) is 1.58. The number of nitrogens with one attached hydrogen (secondary N) is 1. The van der Waals surface area contributed by atoms with Gasteiger partial charge in [0.2, 0.25) is 0 Å². The van der Waals surface area contributed by atoms with Crippen LogP contribution in [0.1, 0.15) is 24.2 Å². The van der Waals surface area contributed by atoms with Gasteiger partial charge in [0, 0.05) is 11.6 Å². The van der Waals surface area contributed by atoms with Crippen molar-refractivity contribution in [2.45, 2.75) is 13.0 Å². The number of phenolic OH excluding ortho intramolecular Hbond substituents is 2. The van der Waals surface area contributed by atoms with E-state index in [0.29, 0.717) is 16.8 Å². The minimum atomic E-state index is -1.33. The Labute approximate surface area is 127 Å². The highest BCUT2D eigenvalue weighted by Gasteiger charge is 2.16. The molecule has 2 rings (SSSR count). The van der Waals surface area contributed by atoms with E-state index in [4.69, 9.17) is 0 Å². The van der Waals surface area contributed by atoms with Gasteiger partial charge in [0.05, 0.1) is 5.71 Å². The molecule has 0 aliphatic rings. The van der Waals surface area contributed by atoms with E-state index in [0.717, 1.165) is 0 Å². The molecule has 1 amide bonds. The first-order valence-electron chi connectivity index (χ1n) is 6.58. The molecular formula is C16H16N2O4. The van der Waals surface area contributed by atoms with E-state index in [1.807, 2.05) is 0 Å². The zero-order chi connectivity index (χ0) is 16.1. The molecule has 6 nitrogen and oxygen atoms in total. The zero-order valence-corrected chi connectivity index (χ0v) is 11.9. The molecular weight excluding hydrogens is 284 g/mol. The Kier molecular flexibility index (Phi) is 4.75. The molecule has 0 aliphatic heterocycles. The number of rotatable bonds is 4. The van der Waals surface area contributed by atoms with Gasteiger partial charge in [0.1, 0.15) is 11.5 Å². The van der Waals surface area contributed by atoms with Gasteiger partial charge in [-0.3, -0.25) is 4.79 Å². The lowest BCUT2D eigenvalue weighted by molar-refractivity contribution is -0.129. The van der Waals surface area contributed by atoms with Gasteiger partial charge in [-0.2, -0.15) is 5.10 Å². The molecule has 0 unspecified atom stereocenters. The zero-order valence-electron chi connectivity index (χ0n) is 11.9. The third-order valence-corrected chi connectivity index (χ3v) is 3.07. The van der Waals surface area contributed by atoms with Crippen molar-refractivity contribution in [2.75, 3.05) is 0 Å². The van der Waals surface area contributed by atoms with E-state index in [9.17, 15) is 20.1 Å². The lowest BCUT2D eigenvalue weighted by Gasteiger charge is -2.10. The van der Waals surface area contributed by atoms with Crippen molar-refractivity contribution >= 4 is 11.6 Å². The Hall–Kier alpha value is -2.86. The summed E-state index contributed by atoms with van der Waals surface area (Å²) < 4.78 is 0. The molecule has 0 fully saturated rings. The van der Waals surface area contributed by atoms with Crippen molar-refractivity contribution < 1.29 is 20.1 Å². The van der Waals surface area contributed by atoms with Gasteiger partial charge in [-0.25, -0.2) is 5.43 Å². The first-order chi connectivity index (χ1) is 10.5. The van der Waals surface area contributed by atoms with Crippen molar-refractivity contribution in [1.29, 1.82) is 0 Å². The predicted molar refractivity (Wildman–Crippen MR) is 81.5 cm³/mol. The Balaban J connectivity index is 2.09. The Morgan fingerprint density at radius 2 is 1.82 bits per heavy atom. The van der Waals surface area contributed by atoms with Gasteiger partial charge in [-0.15, -0.1) is 0 Å². The van der Waals surface area contributed by atoms with Crippen molar-refractivity contribution in [1.82, 2.24) is 5.43 Å². The maximum Gasteiger partial charge on any atom is 0.273 e. The Morgan fingerprint density at radius 3 is 2.45 bits per heavy atom. The number of hydrogen-bond donors (Lipinski definition) is 4. The highest BCUT2D eigenvalue weighted by atomic mass is 16.3. The van der Waals surface area contributed by atoms with Gasteiger partial charge in [0.15, 0.2) is 6.10 Å². The number of aliphatic hydroxyl groups excluding tert-OH is 1. The van der Waals surface area contributed by atoms with E-state index in [-0.39, 0.29) is 11.5 Å². The fourth-order valence-corrected chi connectivity index (χ4v) is 1.87. The normalized spacial score (nSPS) is 12.7. The smallest absolute Gasteiger partial charge is 0.273 e. The first-order valence-corrected chi connectivity index (χ1v) is 6.58. The van der Waals surface area contributed by atoms with Gasteiger partial charge >= 0.3 is 0 Å². The summed E-state index contributed by atoms with van der Waals surface area (Å²) in [4.78, 5) is 11.8. The molecule has 0 spiro atoms. The molecule has 1 atom stereocenters. The molecule has 2 aromatic carbocycles. The molecule has 2 aromatic rings. The maximum atomic E-state index is 11.8. The average molecular weight is 300 g/mol. The number of phenols is 2. The van der Waals surface area contributed by atoms with Crippen LogP contribution < -0.4 is 5.43 Å². The van der Waals surface area contributed by atoms with Crippen LogP contribution in [0.5, 0.6) is 11.5 Å². The van der Waals surface area contributed by atoms with Crippen molar-refractivity contribution in [3.63, 3.8) is 0 Å². The van der Waals surface area contributed by atoms with Gasteiger partial charge < -0.3 is 15.3 Å². The van der Waals surface area contributed by atoms with E-state index in [1.54, 1.807) is 37.3 Å². The molecule has 114 valence electrons. The number of carbonyl (C=O) groups is 1. The number of benzene rings is 2. The Morgan fingerprint density at radius 1 is 1.14 bits per heavy atom. The summed E-state index contributed by atoms with van der Waals surface area (Å²) in [5.74, 6) is -0.902. The van der Waals surface area contributed by atoms with E-state index < -0.39 is 12.0 Å². The van der Waals surface area contributed by atoms with Crippen LogP contribution in [0.15, 0.2) is 53.6 Å². The second-order valence-electron chi connectivity index (χ2n) is 4.69. The minimum absolute atomic E-state index is 0.0717. The quantitative estimate of drug-likeness (QED) is 0.509. The highest BCUT2D eigenvalue weighted by Crippen LogP contribution is 2.23. The highest BCUT2D eigenvalue weighted by molar-refractivity contribution is 6.01. The first kappa shape index (κ1) is 15.5. The van der Waals surface area contributed by atoms with Crippen LogP contribution in [-0.4, -0.2) is 26.9 Å². The fraction of sp³-hybridized carbons (Fsp3) is 0.125. The fourth-order valence-electron chi connectivity index (χ4n) is 1.87. The monoisotopic (exact) mass is 300 g/mol. The van der Waals surface area contributed by atoms with Crippen LogP contribution >= 0.6 is 0 Å². The van der Waals surface area contributed by atoms with Crippen molar-refractivity contribution in [3.05, 3.63) is 59.7 Å². The third kappa shape index (κ3) is 3.62. The summed E-state index contributed by atoms with van der Waals surface area (Å²) >= 11 is 0. The lowest BCUT2D eigenvalue weighted by Crippen LogP contribution is -2.26. The second-order valence-corrected chi connectivity index (χ2v) is 4.69. The van der Waals surface area contributed by atoms with Gasteiger partial charge in [0.25, 0.3) is 5.91 Å². The third-order valence-electron chi connectivity index (χ3n) is 3.07. The predicted octanol–water partition coefficient (Wildman–Crippen LogP) is 1.67. The molecule has 0 radical (unpaired) electrons. The molecule has 0 aliphatic carbocycles. The lowest BCUT2D eigenvalue weighted by atomic mass is 10.1. The summed E-state index contributed by atoms with van der Waals surface area (Å²) in [5.41, 5.74) is 3.41. The van der Waals surface area contributed by atoms with Gasteiger partial charge in [-0.05, 0) is 24.6 Å². The van der Waals surface area contributed by atoms with Crippen LogP contribution in [0, 0.1) is 0 Å². The standard InChI is InChI=1S/C16H16N2O4/c1-10(13-8-7-12(19)9-14(13)20)17-18-16(22)15(21)11-5-3-2-4-6-11/h2-9,15,19-21H,1H3,(H,18,22)/b17-10-/t15-/m1/s1. The minimum Gasteiger partial charge on any atom is -0.508 e. The number of hydrazone groups is 1. The molecule has 4 N–H and O–H groups in total. The van der Waals surface area contributed by atoms with E-state index in [1.165, 1.54) is 18.2 Å². The molecule has 0 aromatic heterocycles. The van der Waals surface area contributed by atoms with Crippen LogP contribution in [0.4, 0.5) is 0 Å². The number of aliphatic hydroxyl groups is 1. The molecule has 0 bridgehead atoms. The number of carbonyl (C=O) groups excluding carboxylic acids is 1. The van der Waals surface area contributed by atoms with Crippen LogP contribution in [0.3, 0.4) is 0 Å². The summed E-state index contributed by atoms with van der Waals surface area (Å²) in [6.07, 6.45) is -1.33. The number of amides is 1. The summed E-state index contributed by atoms with van der Waals surface area (Å²) in [7, 11) is 0. The van der Waals surface area contributed by atoms with Crippen molar-refractivity contribution in [2.24, 2.45) is 5.10 Å². The molecule has 22 heavy (non-hydrogen) atoms. The number of nitrogens with zero attached hydrogens (tertiary/aromatic N) is 1. The van der Waals surface area contributed by atoms with Crippen molar-refractivity contribution in [3.8, 4) is 11.5 Å². The van der Waals surface area contributed by atoms with Crippen LogP contribution in [-0.2, 0) is 4.79 Å². The molecule has 6 heteroatoms. The maximum absolute atomic E-state index is 11.8. The topological polar surface area (TPSA) is 102 Å². The summed E-state index contributed by atoms with van der Waals surface area (Å²) in [5, 5.41) is 32.7. The SMILES string of the molecule is C/C(=N/NC(=O)[C@H](O)c1ccccc1)c1ccc(O)cc1O. The van der Waals surface area contributed by atoms with E-state index >= 15 is 0 Å². The van der Waals surface area contributed by atoms with E-state index in [2.05, 4.69) is 10.5 Å². The number of aromatic hydroxyl groups is 2. The molecule has 0 saturated carbocycles. The second kappa shape index (κ2) is 6.73. The van der Waals surface area contributed by atoms with Crippen LogP contribution in [0.2, 0.25) is 0 Å².